The summed E-state index contributed by atoms with van der Waals surface area (Å²) in [4.78, 5) is 12.4. The average Bonchev–Trinajstić information content (AvgIpc) is 3.03. The van der Waals surface area contributed by atoms with Crippen LogP contribution in [-0.4, -0.2) is 29.2 Å². The second-order valence-electron chi connectivity index (χ2n) is 5.95. The van der Waals surface area contributed by atoms with Crippen molar-refractivity contribution < 1.29 is 14.4 Å². The van der Waals surface area contributed by atoms with E-state index in [0.29, 0.717) is 11.3 Å². The summed E-state index contributed by atoms with van der Waals surface area (Å²) < 4.78 is 12.1. The molecular weight excluding hydrogens is 320 g/mol. The maximum absolute atomic E-state index is 10.9. The Hall–Kier alpha value is -3.28. The summed E-state index contributed by atoms with van der Waals surface area (Å²) in [6.45, 7) is 0. The predicted molar refractivity (Wildman–Crippen MR) is 93.6 cm³/mol. The van der Waals surface area contributed by atoms with Crippen LogP contribution >= 0.6 is 0 Å². The molecular formula is C19H16N2O4. The molecule has 0 aliphatic carbocycles. The van der Waals surface area contributed by atoms with Crippen molar-refractivity contribution in [1.29, 1.82) is 0 Å². The molecule has 25 heavy (non-hydrogen) atoms. The molecule has 126 valence electrons. The van der Waals surface area contributed by atoms with Gasteiger partial charge in [-0.15, -0.1) is 0 Å². The molecule has 6 heteroatoms. The Morgan fingerprint density at radius 3 is 2.68 bits per heavy atom. The third kappa shape index (κ3) is 2.82. The van der Waals surface area contributed by atoms with Gasteiger partial charge in [0, 0.05) is 36.5 Å². The van der Waals surface area contributed by atoms with Crippen molar-refractivity contribution in [2.24, 2.45) is 0 Å². The van der Waals surface area contributed by atoms with Gasteiger partial charge in [-0.2, -0.15) is 0 Å². The van der Waals surface area contributed by atoms with Crippen LogP contribution in [0.3, 0.4) is 0 Å². The molecule has 0 radical (unpaired) electrons. The molecule has 0 fully saturated rings. The van der Waals surface area contributed by atoms with E-state index in [-0.39, 0.29) is 18.0 Å². The highest BCUT2D eigenvalue weighted by atomic mass is 16.6. The molecule has 0 bridgehead atoms. The molecule has 0 spiro atoms. The van der Waals surface area contributed by atoms with Crippen molar-refractivity contribution in [3.8, 4) is 5.75 Å². The Morgan fingerprint density at radius 2 is 1.92 bits per heavy atom. The third-order valence-electron chi connectivity index (χ3n) is 4.24. The lowest BCUT2D eigenvalue weighted by atomic mass is 10.1. The number of non-ortho nitro benzene ring substituents is 1. The van der Waals surface area contributed by atoms with E-state index in [1.165, 1.54) is 12.1 Å². The van der Waals surface area contributed by atoms with E-state index in [1.807, 2.05) is 60.6 Å². The zero-order chi connectivity index (χ0) is 17.4. The predicted octanol–water partition coefficient (Wildman–Crippen LogP) is 3.66. The molecule has 2 aliphatic heterocycles. The number of hydrogen-bond acceptors (Lipinski definition) is 5. The SMILES string of the molecule is CN1C=C(c2ccccc2)O[C@H]1[C@H]1C=Cc2cc([N+](=O)[O-])ccc2O1. The summed E-state index contributed by atoms with van der Waals surface area (Å²) in [5, 5.41) is 10.9. The number of hydrogen-bond donors (Lipinski definition) is 0. The van der Waals surface area contributed by atoms with Gasteiger partial charge in [0.1, 0.15) is 11.5 Å². The fourth-order valence-electron chi connectivity index (χ4n) is 2.97. The number of nitro groups is 1. The highest BCUT2D eigenvalue weighted by molar-refractivity contribution is 5.64. The van der Waals surface area contributed by atoms with Gasteiger partial charge in [0.25, 0.3) is 5.69 Å². The number of rotatable bonds is 3. The van der Waals surface area contributed by atoms with Crippen LogP contribution in [0, 0.1) is 10.1 Å². The molecule has 2 aromatic carbocycles. The highest BCUT2D eigenvalue weighted by Gasteiger charge is 2.34. The van der Waals surface area contributed by atoms with E-state index in [4.69, 9.17) is 9.47 Å². The molecule has 4 rings (SSSR count). The summed E-state index contributed by atoms with van der Waals surface area (Å²) in [7, 11) is 1.93. The molecule has 2 aliphatic rings. The number of nitro benzene ring substituents is 1. The molecule has 0 unspecified atom stereocenters. The van der Waals surface area contributed by atoms with Gasteiger partial charge in [-0.05, 0) is 12.1 Å². The summed E-state index contributed by atoms with van der Waals surface area (Å²) >= 11 is 0. The van der Waals surface area contributed by atoms with Gasteiger partial charge >= 0.3 is 0 Å². The first-order valence-corrected chi connectivity index (χ1v) is 7.91. The van der Waals surface area contributed by atoms with Gasteiger partial charge in [-0.1, -0.05) is 36.4 Å². The Balaban J connectivity index is 1.53. The smallest absolute Gasteiger partial charge is 0.270 e. The van der Waals surface area contributed by atoms with Crippen molar-refractivity contribution in [3.05, 3.63) is 82.0 Å². The lowest BCUT2D eigenvalue weighted by molar-refractivity contribution is -0.384. The number of nitrogens with zero attached hydrogens (tertiary/aromatic N) is 2. The van der Waals surface area contributed by atoms with Gasteiger partial charge in [0.05, 0.1) is 4.92 Å². The van der Waals surface area contributed by atoms with Crippen LogP contribution in [0.5, 0.6) is 5.75 Å². The molecule has 2 heterocycles. The highest BCUT2D eigenvalue weighted by Crippen LogP contribution is 2.34. The Bertz CT molecular complexity index is 876. The van der Waals surface area contributed by atoms with Crippen molar-refractivity contribution in [2.45, 2.75) is 12.3 Å². The Labute approximate surface area is 144 Å². The molecule has 0 amide bonds. The molecule has 2 atom stereocenters. The van der Waals surface area contributed by atoms with Crippen LogP contribution in [0.4, 0.5) is 5.69 Å². The maximum Gasteiger partial charge on any atom is 0.270 e. The zero-order valence-corrected chi connectivity index (χ0v) is 13.5. The van der Waals surface area contributed by atoms with Crippen molar-refractivity contribution in [2.75, 3.05) is 7.05 Å². The molecule has 0 saturated carbocycles. The van der Waals surface area contributed by atoms with E-state index in [2.05, 4.69) is 0 Å². The fraction of sp³-hybridized carbons (Fsp3) is 0.158. The first-order valence-electron chi connectivity index (χ1n) is 7.91. The Morgan fingerprint density at radius 1 is 1.12 bits per heavy atom. The first kappa shape index (κ1) is 15.3. The second kappa shape index (κ2) is 5.98. The molecule has 2 aromatic rings. The maximum atomic E-state index is 10.9. The quantitative estimate of drug-likeness (QED) is 0.632. The normalized spacial score (nSPS) is 21.2. The number of benzene rings is 2. The van der Waals surface area contributed by atoms with E-state index in [0.717, 1.165) is 11.3 Å². The van der Waals surface area contributed by atoms with E-state index >= 15 is 0 Å². The van der Waals surface area contributed by atoms with Crippen LogP contribution in [0.1, 0.15) is 11.1 Å². The van der Waals surface area contributed by atoms with Gasteiger partial charge in [0.2, 0.25) is 6.23 Å². The Kier molecular flexibility index (Phi) is 3.65. The topological polar surface area (TPSA) is 64.8 Å². The number of ether oxygens (including phenoxy) is 2. The number of likely N-dealkylation sites (N-methyl/N-ethyl adjacent to an activating group) is 1. The average molecular weight is 336 g/mol. The molecule has 0 saturated heterocycles. The van der Waals surface area contributed by atoms with Crippen molar-refractivity contribution in [1.82, 2.24) is 4.90 Å². The van der Waals surface area contributed by atoms with Crippen molar-refractivity contribution in [3.63, 3.8) is 0 Å². The zero-order valence-electron chi connectivity index (χ0n) is 13.5. The van der Waals surface area contributed by atoms with E-state index < -0.39 is 4.92 Å². The fourth-order valence-corrected chi connectivity index (χ4v) is 2.97. The van der Waals surface area contributed by atoms with E-state index in [9.17, 15) is 10.1 Å². The first-order chi connectivity index (χ1) is 12.1. The largest absolute Gasteiger partial charge is 0.480 e. The molecule has 0 N–H and O–H groups in total. The summed E-state index contributed by atoms with van der Waals surface area (Å²) in [5.41, 5.74) is 1.75. The summed E-state index contributed by atoms with van der Waals surface area (Å²) in [5.74, 6) is 1.41. The van der Waals surface area contributed by atoms with Gasteiger partial charge in [0.15, 0.2) is 6.10 Å². The van der Waals surface area contributed by atoms with E-state index in [1.54, 1.807) is 6.07 Å². The van der Waals surface area contributed by atoms with Gasteiger partial charge < -0.3 is 14.4 Å². The van der Waals surface area contributed by atoms with Crippen LogP contribution in [0.25, 0.3) is 11.8 Å². The number of fused-ring (bicyclic) bond motifs is 1. The standard InChI is InChI=1S/C19H16N2O4/c1-20-12-18(13-5-3-2-4-6-13)25-19(20)17-9-7-14-11-15(21(22)23)8-10-16(14)24-17/h2-12,17,19H,1H3/t17-,19+/m1/s1. The van der Waals surface area contributed by atoms with Crippen LogP contribution < -0.4 is 4.74 Å². The lowest BCUT2D eigenvalue weighted by Crippen LogP contribution is -2.40. The minimum Gasteiger partial charge on any atom is -0.480 e. The van der Waals surface area contributed by atoms with Crippen LogP contribution in [0.15, 0.2) is 60.8 Å². The van der Waals surface area contributed by atoms with Gasteiger partial charge in [-0.3, -0.25) is 10.1 Å². The molecule has 6 nitrogen and oxygen atoms in total. The minimum absolute atomic E-state index is 0.0488. The van der Waals surface area contributed by atoms with Gasteiger partial charge in [-0.25, -0.2) is 0 Å². The summed E-state index contributed by atoms with van der Waals surface area (Å²) in [6, 6.07) is 14.5. The monoisotopic (exact) mass is 336 g/mol. The van der Waals surface area contributed by atoms with Crippen molar-refractivity contribution >= 4 is 17.5 Å². The van der Waals surface area contributed by atoms with Crippen LogP contribution in [-0.2, 0) is 4.74 Å². The second-order valence-corrected chi connectivity index (χ2v) is 5.95. The van der Waals surface area contributed by atoms with Crippen LogP contribution in [0.2, 0.25) is 0 Å². The summed E-state index contributed by atoms with van der Waals surface area (Å²) in [6.07, 6.45) is 5.05. The lowest BCUT2D eigenvalue weighted by Gasteiger charge is -2.30. The molecule has 0 aromatic heterocycles. The third-order valence-corrected chi connectivity index (χ3v) is 4.24. The minimum atomic E-state index is -0.413.